The minimum absolute atomic E-state index is 0. The quantitative estimate of drug-likeness (QED) is 0.299. The zero-order valence-electron chi connectivity index (χ0n) is 17.0. The van der Waals surface area contributed by atoms with E-state index in [0.717, 1.165) is 19.6 Å². The molecule has 0 amide bonds. The van der Waals surface area contributed by atoms with E-state index >= 15 is 0 Å². The number of halogens is 4. The molecule has 2 aliphatic rings. The molecule has 0 bridgehead atoms. The number of hydrogen-bond donors (Lipinski definition) is 2. The van der Waals surface area contributed by atoms with E-state index in [4.69, 9.17) is 0 Å². The lowest BCUT2D eigenvalue weighted by atomic mass is 10.0. The number of hydrogen-bond acceptors (Lipinski definition) is 4. The normalized spacial score (nSPS) is 23.5. The highest BCUT2D eigenvalue weighted by molar-refractivity contribution is 14.0. The molecule has 0 aromatic heterocycles. The fourth-order valence-electron chi connectivity index (χ4n) is 3.69. The number of rotatable bonds is 6. The number of guanidine groups is 1. The molecule has 0 aromatic rings. The van der Waals surface area contributed by atoms with Crippen molar-refractivity contribution >= 4 is 40.0 Å². The van der Waals surface area contributed by atoms with E-state index in [2.05, 4.69) is 27.4 Å². The van der Waals surface area contributed by atoms with E-state index in [9.17, 15) is 21.6 Å². The maximum Gasteiger partial charge on any atom is 0.511 e. The van der Waals surface area contributed by atoms with E-state index in [-0.39, 0.29) is 43.1 Å². The topological polar surface area (TPSA) is 77.0 Å². The summed E-state index contributed by atoms with van der Waals surface area (Å²) in [5.74, 6) is 1.34. The van der Waals surface area contributed by atoms with Gasteiger partial charge in [-0.1, -0.05) is 6.92 Å². The van der Waals surface area contributed by atoms with Gasteiger partial charge in [-0.2, -0.15) is 17.5 Å². The summed E-state index contributed by atoms with van der Waals surface area (Å²) in [6, 6.07) is -0.104. The molecule has 1 unspecified atom stereocenters. The molecule has 0 saturated carbocycles. The van der Waals surface area contributed by atoms with Crippen LogP contribution in [0.2, 0.25) is 0 Å². The minimum atomic E-state index is -5.24. The monoisotopic (exact) mass is 555 g/mol. The van der Waals surface area contributed by atoms with E-state index in [0.29, 0.717) is 42.1 Å². The molecule has 0 spiro atoms. The second-order valence-corrected chi connectivity index (χ2v) is 9.51. The summed E-state index contributed by atoms with van der Waals surface area (Å²) in [7, 11) is -5.24. The number of sulfonamides is 1. The third-order valence-corrected chi connectivity index (χ3v) is 6.83. The number of aliphatic imine (C=N–C) groups is 1. The molecule has 0 radical (unpaired) electrons. The average Bonchev–Trinajstić information content (AvgIpc) is 2.61. The number of nitrogens with zero attached hydrogens (tertiary/aromatic N) is 3. The second kappa shape index (κ2) is 11.9. The van der Waals surface area contributed by atoms with E-state index < -0.39 is 15.5 Å². The maximum absolute atomic E-state index is 12.7. The van der Waals surface area contributed by atoms with Gasteiger partial charge >= 0.3 is 15.5 Å². The van der Waals surface area contributed by atoms with Crippen LogP contribution in [0.4, 0.5) is 13.2 Å². The summed E-state index contributed by atoms with van der Waals surface area (Å²) in [6.45, 7) is 8.28. The third kappa shape index (κ3) is 8.02. The zero-order valence-corrected chi connectivity index (χ0v) is 20.2. The van der Waals surface area contributed by atoms with Crippen molar-refractivity contribution in [2.75, 3.05) is 45.8 Å². The smallest absolute Gasteiger partial charge is 0.357 e. The summed E-state index contributed by atoms with van der Waals surface area (Å²) in [5, 5.41) is 6.38. The minimum Gasteiger partial charge on any atom is -0.357 e. The second-order valence-electron chi connectivity index (χ2n) is 7.58. The Bertz CT molecular complexity index is 625. The molecular formula is C17H33F3IN5O2S. The van der Waals surface area contributed by atoms with Gasteiger partial charge < -0.3 is 15.5 Å². The summed E-state index contributed by atoms with van der Waals surface area (Å²) in [6.07, 6.45) is 3.10. The number of alkyl halides is 3. The van der Waals surface area contributed by atoms with Gasteiger partial charge in [0.1, 0.15) is 0 Å². The number of nitrogens with one attached hydrogen (secondary N) is 2. The molecular weight excluding hydrogens is 522 g/mol. The molecule has 0 aliphatic carbocycles. The van der Waals surface area contributed by atoms with Crippen LogP contribution in [-0.4, -0.2) is 80.9 Å². The van der Waals surface area contributed by atoms with Crippen molar-refractivity contribution in [1.82, 2.24) is 19.8 Å². The van der Waals surface area contributed by atoms with Crippen molar-refractivity contribution in [1.29, 1.82) is 0 Å². The lowest BCUT2D eigenvalue weighted by Gasteiger charge is -2.32. The molecule has 7 nitrogen and oxygen atoms in total. The Morgan fingerprint density at radius 1 is 1.17 bits per heavy atom. The van der Waals surface area contributed by atoms with Crippen LogP contribution < -0.4 is 10.6 Å². The molecule has 29 heavy (non-hydrogen) atoms. The fourth-order valence-corrected chi connectivity index (χ4v) is 4.68. The molecule has 2 aliphatic heterocycles. The first kappa shape index (κ1) is 26.7. The van der Waals surface area contributed by atoms with Gasteiger partial charge in [-0.3, -0.25) is 4.99 Å². The summed E-state index contributed by atoms with van der Waals surface area (Å²) in [4.78, 5) is 6.98. The van der Waals surface area contributed by atoms with Gasteiger partial charge in [0.15, 0.2) is 5.96 Å². The van der Waals surface area contributed by atoms with Gasteiger partial charge in [-0.25, -0.2) is 8.42 Å². The van der Waals surface area contributed by atoms with Crippen LogP contribution in [0.5, 0.6) is 0 Å². The summed E-state index contributed by atoms with van der Waals surface area (Å²) >= 11 is 0. The highest BCUT2D eigenvalue weighted by Crippen LogP contribution is 2.28. The molecule has 172 valence electrons. The fraction of sp³-hybridized carbons (Fsp3) is 0.941. The van der Waals surface area contributed by atoms with Gasteiger partial charge in [0.25, 0.3) is 0 Å². The van der Waals surface area contributed by atoms with Crippen LogP contribution in [-0.2, 0) is 10.0 Å². The van der Waals surface area contributed by atoms with Gasteiger partial charge in [0.2, 0.25) is 0 Å². The van der Waals surface area contributed by atoms with E-state index in [1.165, 1.54) is 12.8 Å². The van der Waals surface area contributed by atoms with Crippen molar-refractivity contribution in [3.05, 3.63) is 0 Å². The van der Waals surface area contributed by atoms with Crippen molar-refractivity contribution in [2.45, 2.75) is 51.1 Å². The van der Waals surface area contributed by atoms with Crippen molar-refractivity contribution in [2.24, 2.45) is 10.9 Å². The Morgan fingerprint density at radius 2 is 1.83 bits per heavy atom. The lowest BCUT2D eigenvalue weighted by molar-refractivity contribution is -0.0494. The summed E-state index contributed by atoms with van der Waals surface area (Å²) < 4.78 is 61.5. The first-order chi connectivity index (χ1) is 13.1. The first-order valence-electron chi connectivity index (χ1n) is 9.97. The van der Waals surface area contributed by atoms with Gasteiger partial charge in [-0.05, 0) is 45.1 Å². The van der Waals surface area contributed by atoms with Gasteiger partial charge in [0.05, 0.1) is 6.54 Å². The summed E-state index contributed by atoms with van der Waals surface area (Å²) in [5.41, 5.74) is -5.24. The SMILES string of the molecule is CCNC(=NCCN1CCCC(C)C1)NC1CCN(S(=O)(=O)C(F)(F)F)CC1.I. The Morgan fingerprint density at radius 3 is 2.38 bits per heavy atom. The lowest BCUT2D eigenvalue weighted by Crippen LogP contribution is -2.51. The van der Waals surface area contributed by atoms with Gasteiger partial charge in [0, 0.05) is 38.8 Å². The molecule has 2 saturated heterocycles. The van der Waals surface area contributed by atoms with Crippen LogP contribution in [0.3, 0.4) is 0 Å². The van der Waals surface area contributed by atoms with Gasteiger partial charge in [-0.15, -0.1) is 24.0 Å². The van der Waals surface area contributed by atoms with E-state index in [1.807, 2.05) is 6.92 Å². The maximum atomic E-state index is 12.7. The van der Waals surface area contributed by atoms with Crippen molar-refractivity contribution < 1.29 is 21.6 Å². The van der Waals surface area contributed by atoms with Crippen LogP contribution in [0.25, 0.3) is 0 Å². The highest BCUT2D eigenvalue weighted by atomic mass is 127. The highest BCUT2D eigenvalue weighted by Gasteiger charge is 2.50. The van der Waals surface area contributed by atoms with Crippen LogP contribution in [0, 0.1) is 5.92 Å². The average molecular weight is 555 g/mol. The molecule has 2 heterocycles. The Kier molecular flexibility index (Phi) is 10.9. The third-order valence-electron chi connectivity index (χ3n) is 5.20. The van der Waals surface area contributed by atoms with Crippen LogP contribution in [0.1, 0.15) is 39.5 Å². The first-order valence-corrected chi connectivity index (χ1v) is 11.4. The predicted molar refractivity (Wildman–Crippen MR) is 119 cm³/mol. The largest absolute Gasteiger partial charge is 0.511 e. The van der Waals surface area contributed by atoms with E-state index in [1.54, 1.807) is 0 Å². The Labute approximate surface area is 188 Å². The number of likely N-dealkylation sites (tertiary alicyclic amines) is 1. The van der Waals surface area contributed by atoms with Crippen LogP contribution >= 0.6 is 24.0 Å². The molecule has 0 aromatic carbocycles. The molecule has 2 rings (SSSR count). The molecule has 12 heteroatoms. The number of piperidine rings is 2. The molecule has 2 N–H and O–H groups in total. The zero-order chi connectivity index (χ0) is 20.8. The van der Waals surface area contributed by atoms with Crippen molar-refractivity contribution in [3.8, 4) is 0 Å². The molecule has 2 fully saturated rings. The van der Waals surface area contributed by atoms with Crippen molar-refractivity contribution in [3.63, 3.8) is 0 Å². The Hall–Kier alpha value is -0.340. The standard InChI is InChI=1S/C17H32F3N5O2S.HI/c1-3-21-16(22-8-12-24-9-4-5-14(2)13-24)23-15-6-10-25(11-7-15)28(26,27)17(18,19)20;/h14-15H,3-13H2,1-2H3,(H2,21,22,23);1H. The van der Waals surface area contributed by atoms with Crippen LogP contribution in [0.15, 0.2) is 4.99 Å². The predicted octanol–water partition coefficient (Wildman–Crippen LogP) is 2.21. The molecule has 1 atom stereocenters. The Balaban J connectivity index is 0.00000420.